The van der Waals surface area contributed by atoms with Gasteiger partial charge in [-0.25, -0.2) is 0 Å². The molecule has 1 aromatic carbocycles. The van der Waals surface area contributed by atoms with Gasteiger partial charge in [0.15, 0.2) is 5.82 Å². The second-order valence-corrected chi connectivity index (χ2v) is 5.49. The van der Waals surface area contributed by atoms with Gasteiger partial charge in [-0.3, -0.25) is 0 Å². The third-order valence-electron chi connectivity index (χ3n) is 3.69. The predicted octanol–water partition coefficient (Wildman–Crippen LogP) is 2.07. The van der Waals surface area contributed by atoms with Crippen LogP contribution in [0, 0.1) is 0 Å². The van der Waals surface area contributed by atoms with Gasteiger partial charge in [-0.15, -0.1) is 0 Å². The Balaban J connectivity index is 1.71. The van der Waals surface area contributed by atoms with Crippen molar-refractivity contribution in [1.82, 2.24) is 10.1 Å². The Morgan fingerprint density at radius 2 is 2.05 bits per heavy atom. The summed E-state index contributed by atoms with van der Waals surface area (Å²) in [5, 5.41) is 13.3. The number of phenolic OH excluding ortho intramolecular Hbond substituents is 1. The smallest absolute Gasteiger partial charge is 0.243 e. The fourth-order valence-electron chi connectivity index (χ4n) is 2.02. The van der Waals surface area contributed by atoms with Crippen molar-refractivity contribution < 1.29 is 9.63 Å². The number of phenols is 1. The van der Waals surface area contributed by atoms with Crippen LogP contribution >= 0.6 is 0 Å². The van der Waals surface area contributed by atoms with Crippen LogP contribution in [0.4, 0.5) is 0 Å². The van der Waals surface area contributed by atoms with Crippen molar-refractivity contribution in [2.45, 2.75) is 37.6 Å². The summed E-state index contributed by atoms with van der Waals surface area (Å²) in [5.41, 5.74) is 7.21. The summed E-state index contributed by atoms with van der Waals surface area (Å²) >= 11 is 0. The first-order valence-electron chi connectivity index (χ1n) is 6.44. The summed E-state index contributed by atoms with van der Waals surface area (Å²) in [4.78, 5) is 4.41. The first-order chi connectivity index (χ1) is 9.07. The summed E-state index contributed by atoms with van der Waals surface area (Å²) in [6.45, 7) is 2.13. The average molecular weight is 259 g/mol. The van der Waals surface area contributed by atoms with E-state index in [0.717, 1.165) is 24.2 Å². The van der Waals surface area contributed by atoms with Crippen LogP contribution in [0.2, 0.25) is 0 Å². The first kappa shape index (κ1) is 12.2. The van der Waals surface area contributed by atoms with Crippen LogP contribution < -0.4 is 5.73 Å². The standard InChI is InChI=1S/C14H17N3O2/c1-14(6-7-14)13-16-12(19-17-13)11(15)8-9-2-4-10(18)5-3-9/h2-5,11,18H,6-8,15H2,1H3/t11-/m0/s1. The Bertz CT molecular complexity index is 573. The highest BCUT2D eigenvalue weighted by Crippen LogP contribution is 2.46. The third kappa shape index (κ3) is 2.46. The van der Waals surface area contributed by atoms with Crippen LogP contribution in [0.1, 0.15) is 43.1 Å². The maximum atomic E-state index is 9.24. The molecule has 2 aromatic rings. The van der Waals surface area contributed by atoms with Crippen LogP contribution in [-0.4, -0.2) is 15.2 Å². The molecule has 0 radical (unpaired) electrons. The van der Waals surface area contributed by atoms with Crippen molar-refractivity contribution in [2.75, 3.05) is 0 Å². The van der Waals surface area contributed by atoms with Gasteiger partial charge in [-0.2, -0.15) is 4.98 Å². The lowest BCUT2D eigenvalue weighted by Crippen LogP contribution is -2.14. The molecule has 5 nitrogen and oxygen atoms in total. The quantitative estimate of drug-likeness (QED) is 0.878. The molecule has 1 fully saturated rings. The summed E-state index contributed by atoms with van der Waals surface area (Å²) in [5.74, 6) is 1.50. The van der Waals surface area contributed by atoms with Crippen LogP contribution in [0.15, 0.2) is 28.8 Å². The number of nitrogens with zero attached hydrogens (tertiary/aromatic N) is 2. The number of benzene rings is 1. The minimum Gasteiger partial charge on any atom is -0.508 e. The fourth-order valence-corrected chi connectivity index (χ4v) is 2.02. The van der Waals surface area contributed by atoms with E-state index in [4.69, 9.17) is 10.3 Å². The lowest BCUT2D eigenvalue weighted by atomic mass is 10.1. The molecule has 0 amide bonds. The summed E-state index contributed by atoms with van der Waals surface area (Å²) in [7, 11) is 0. The van der Waals surface area contributed by atoms with E-state index in [1.165, 1.54) is 0 Å². The van der Waals surface area contributed by atoms with Gasteiger partial charge < -0.3 is 15.4 Å². The van der Waals surface area contributed by atoms with Gasteiger partial charge in [-0.1, -0.05) is 24.2 Å². The summed E-state index contributed by atoms with van der Waals surface area (Å²) < 4.78 is 5.25. The molecule has 0 spiro atoms. The zero-order chi connectivity index (χ0) is 13.5. The zero-order valence-electron chi connectivity index (χ0n) is 10.8. The van der Waals surface area contributed by atoms with E-state index >= 15 is 0 Å². The Kier molecular flexibility index (Phi) is 2.78. The van der Waals surface area contributed by atoms with Crippen LogP contribution in [-0.2, 0) is 11.8 Å². The molecule has 1 aromatic heterocycles. The third-order valence-corrected chi connectivity index (χ3v) is 3.69. The fraction of sp³-hybridized carbons (Fsp3) is 0.429. The highest BCUT2D eigenvalue weighted by molar-refractivity contribution is 5.26. The molecule has 1 heterocycles. The highest BCUT2D eigenvalue weighted by atomic mass is 16.5. The van der Waals surface area contributed by atoms with E-state index in [0.29, 0.717) is 12.3 Å². The molecular formula is C14H17N3O2. The van der Waals surface area contributed by atoms with Gasteiger partial charge in [0.2, 0.25) is 5.89 Å². The molecule has 100 valence electrons. The number of hydrogen-bond donors (Lipinski definition) is 2. The SMILES string of the molecule is CC1(c2noc([C@@H](N)Cc3ccc(O)cc3)n2)CC1. The monoisotopic (exact) mass is 259 g/mol. The van der Waals surface area contributed by atoms with Gasteiger partial charge in [0.25, 0.3) is 0 Å². The van der Waals surface area contributed by atoms with Gasteiger partial charge in [0.1, 0.15) is 5.75 Å². The molecule has 5 heteroatoms. The molecule has 1 atom stereocenters. The van der Waals surface area contributed by atoms with Crippen molar-refractivity contribution in [3.8, 4) is 5.75 Å². The average Bonchev–Trinajstić information content (AvgIpc) is 2.95. The molecule has 3 N–H and O–H groups in total. The van der Waals surface area contributed by atoms with Crippen molar-refractivity contribution in [1.29, 1.82) is 0 Å². The second kappa shape index (κ2) is 4.35. The van der Waals surface area contributed by atoms with Crippen molar-refractivity contribution >= 4 is 0 Å². The van der Waals surface area contributed by atoms with Gasteiger partial charge in [-0.05, 0) is 37.0 Å². The van der Waals surface area contributed by atoms with E-state index in [1.54, 1.807) is 12.1 Å². The highest BCUT2D eigenvalue weighted by Gasteiger charge is 2.43. The predicted molar refractivity (Wildman–Crippen MR) is 69.6 cm³/mol. The molecule has 3 rings (SSSR count). The second-order valence-electron chi connectivity index (χ2n) is 5.49. The molecule has 1 aliphatic rings. The first-order valence-corrected chi connectivity index (χ1v) is 6.44. The van der Waals surface area contributed by atoms with Gasteiger partial charge in [0, 0.05) is 5.41 Å². The maximum Gasteiger partial charge on any atom is 0.243 e. The summed E-state index contributed by atoms with van der Waals surface area (Å²) in [6.07, 6.45) is 2.83. The van der Waals surface area contributed by atoms with E-state index in [9.17, 15) is 5.11 Å². The van der Waals surface area contributed by atoms with Crippen LogP contribution in [0.3, 0.4) is 0 Å². The largest absolute Gasteiger partial charge is 0.508 e. The van der Waals surface area contributed by atoms with Crippen LogP contribution in [0.5, 0.6) is 5.75 Å². The lowest BCUT2D eigenvalue weighted by Gasteiger charge is -2.06. The van der Waals surface area contributed by atoms with Crippen molar-refractivity contribution in [3.63, 3.8) is 0 Å². The molecular weight excluding hydrogens is 242 g/mol. The maximum absolute atomic E-state index is 9.24. The lowest BCUT2D eigenvalue weighted by molar-refractivity contribution is 0.347. The van der Waals surface area contributed by atoms with Gasteiger partial charge >= 0.3 is 0 Å². The Hall–Kier alpha value is -1.88. The molecule has 19 heavy (non-hydrogen) atoms. The van der Waals surface area contributed by atoms with E-state index < -0.39 is 0 Å². The minimum atomic E-state index is -0.312. The Morgan fingerprint density at radius 1 is 1.37 bits per heavy atom. The zero-order valence-corrected chi connectivity index (χ0v) is 10.8. The Labute approximate surface area is 111 Å². The Morgan fingerprint density at radius 3 is 2.68 bits per heavy atom. The van der Waals surface area contributed by atoms with E-state index in [-0.39, 0.29) is 17.2 Å². The topological polar surface area (TPSA) is 85.2 Å². The number of nitrogens with two attached hydrogens (primary N) is 1. The summed E-state index contributed by atoms with van der Waals surface area (Å²) in [6, 6.07) is 6.66. The van der Waals surface area contributed by atoms with Crippen molar-refractivity contribution in [2.24, 2.45) is 5.73 Å². The molecule has 0 saturated heterocycles. The minimum absolute atomic E-state index is 0.0972. The normalized spacial score (nSPS) is 18.2. The molecule has 0 bridgehead atoms. The number of rotatable bonds is 4. The number of aromatic nitrogens is 2. The van der Waals surface area contributed by atoms with E-state index in [1.807, 2.05) is 12.1 Å². The van der Waals surface area contributed by atoms with Gasteiger partial charge in [0.05, 0.1) is 6.04 Å². The van der Waals surface area contributed by atoms with Crippen molar-refractivity contribution in [3.05, 3.63) is 41.5 Å². The molecule has 0 aliphatic heterocycles. The van der Waals surface area contributed by atoms with E-state index in [2.05, 4.69) is 17.1 Å². The molecule has 1 saturated carbocycles. The molecule has 1 aliphatic carbocycles. The van der Waals surface area contributed by atoms with Crippen LogP contribution in [0.25, 0.3) is 0 Å². The molecule has 0 unspecified atom stereocenters. The number of aromatic hydroxyl groups is 1. The number of hydrogen-bond acceptors (Lipinski definition) is 5.